The molecule has 2 heterocycles. The van der Waals surface area contributed by atoms with Crippen molar-refractivity contribution < 1.29 is 13.2 Å². The fraction of sp³-hybridized carbons (Fsp3) is 0.343. The Balaban J connectivity index is 0.000000264. The summed E-state index contributed by atoms with van der Waals surface area (Å²) in [5.74, 6) is 0.566. The molecule has 226 valence electrons. The van der Waals surface area contributed by atoms with Crippen molar-refractivity contribution in [2.24, 2.45) is 4.99 Å². The first-order chi connectivity index (χ1) is 20.2. The number of aliphatic imine (C=N–C) groups is 1. The summed E-state index contributed by atoms with van der Waals surface area (Å²) in [6.45, 7) is 12.7. The third kappa shape index (κ3) is 9.00. The van der Waals surface area contributed by atoms with E-state index in [0.29, 0.717) is 5.84 Å². The van der Waals surface area contributed by atoms with Gasteiger partial charge in [0, 0.05) is 41.9 Å². The second-order valence-corrected chi connectivity index (χ2v) is 9.44. The number of benzene rings is 3. The minimum atomic E-state index is -4.40. The molecule has 7 heteroatoms. The molecule has 0 saturated carbocycles. The number of amidine groups is 1. The number of rotatable bonds is 4. The second kappa shape index (κ2) is 17.1. The van der Waals surface area contributed by atoms with E-state index in [-0.39, 0.29) is 5.56 Å². The Hall–Kier alpha value is -4.00. The fourth-order valence-corrected chi connectivity index (χ4v) is 4.45. The van der Waals surface area contributed by atoms with E-state index in [9.17, 15) is 13.2 Å². The molecule has 0 saturated heterocycles. The van der Waals surface area contributed by atoms with Crippen LogP contribution in [0.25, 0.3) is 5.69 Å². The lowest BCUT2D eigenvalue weighted by Gasteiger charge is -2.31. The number of anilines is 1. The maximum Gasteiger partial charge on any atom is 0.416 e. The highest BCUT2D eigenvalue weighted by Crippen LogP contribution is 2.36. The average Bonchev–Trinajstić information content (AvgIpc) is 3.56. The molecule has 4 aromatic rings. The number of fused-ring (bicyclic) bond motifs is 1. The summed E-state index contributed by atoms with van der Waals surface area (Å²) in [5.41, 5.74) is 5.19. The molecule has 1 aliphatic heterocycles. The molecule has 1 aliphatic rings. The van der Waals surface area contributed by atoms with Gasteiger partial charge in [-0.25, -0.2) is 0 Å². The number of hydrogen-bond acceptors (Lipinski definition) is 2. The van der Waals surface area contributed by atoms with Gasteiger partial charge in [0.1, 0.15) is 12.0 Å². The van der Waals surface area contributed by atoms with Crippen LogP contribution in [0.15, 0.2) is 96.2 Å². The molecule has 1 aromatic heterocycles. The lowest BCUT2D eigenvalue weighted by atomic mass is 10.0. The number of unbranched alkanes of at least 4 members (excludes halogenated alkanes) is 1. The molecule has 0 fully saturated rings. The van der Waals surface area contributed by atoms with E-state index in [2.05, 4.69) is 90.6 Å². The van der Waals surface area contributed by atoms with Crippen molar-refractivity contribution in [2.75, 3.05) is 12.4 Å². The molecular formula is C35H45F3N4. The molecule has 3 aromatic carbocycles. The maximum absolute atomic E-state index is 13.2. The third-order valence-corrected chi connectivity index (χ3v) is 6.69. The van der Waals surface area contributed by atoms with Crippen LogP contribution in [-0.2, 0) is 12.6 Å². The zero-order valence-electron chi connectivity index (χ0n) is 25.9. The predicted octanol–water partition coefficient (Wildman–Crippen LogP) is 9.98. The maximum atomic E-state index is 13.2. The van der Waals surface area contributed by atoms with Gasteiger partial charge in [-0.05, 0) is 60.9 Å². The van der Waals surface area contributed by atoms with Gasteiger partial charge in [-0.3, -0.25) is 4.99 Å². The molecular weight excluding hydrogens is 533 g/mol. The van der Waals surface area contributed by atoms with Gasteiger partial charge in [-0.2, -0.15) is 13.2 Å². The van der Waals surface area contributed by atoms with E-state index < -0.39 is 17.9 Å². The normalized spacial score (nSPS) is 14.4. The number of halogens is 3. The molecule has 5 rings (SSSR count). The van der Waals surface area contributed by atoms with E-state index in [1.54, 1.807) is 13.1 Å². The van der Waals surface area contributed by atoms with E-state index in [1.165, 1.54) is 41.8 Å². The van der Waals surface area contributed by atoms with Gasteiger partial charge in [0.05, 0.1) is 5.56 Å². The quantitative estimate of drug-likeness (QED) is 0.253. The first-order valence-electron chi connectivity index (χ1n) is 14.7. The third-order valence-electron chi connectivity index (χ3n) is 6.69. The van der Waals surface area contributed by atoms with Gasteiger partial charge in [0.2, 0.25) is 0 Å². The highest BCUT2D eigenvalue weighted by Gasteiger charge is 2.36. The minimum Gasteiger partial charge on any atom is -0.361 e. The Morgan fingerprint density at radius 1 is 0.786 bits per heavy atom. The van der Waals surface area contributed by atoms with Crippen LogP contribution in [0.3, 0.4) is 0 Å². The van der Waals surface area contributed by atoms with Crippen LogP contribution in [0.1, 0.15) is 81.4 Å². The summed E-state index contributed by atoms with van der Waals surface area (Å²) < 4.78 is 41.7. The summed E-state index contributed by atoms with van der Waals surface area (Å²) >= 11 is 0. The Bertz CT molecular complexity index is 1370. The van der Waals surface area contributed by atoms with Crippen LogP contribution >= 0.6 is 0 Å². The van der Waals surface area contributed by atoms with E-state index in [4.69, 9.17) is 0 Å². The molecule has 0 bridgehead atoms. The van der Waals surface area contributed by atoms with Gasteiger partial charge >= 0.3 is 6.18 Å². The van der Waals surface area contributed by atoms with Gasteiger partial charge in [-0.1, -0.05) is 89.9 Å². The lowest BCUT2D eigenvalue weighted by molar-refractivity contribution is -0.138. The van der Waals surface area contributed by atoms with Crippen molar-refractivity contribution in [2.45, 2.75) is 73.1 Å². The molecule has 0 aliphatic carbocycles. The van der Waals surface area contributed by atoms with Crippen molar-refractivity contribution in [1.82, 2.24) is 9.88 Å². The molecule has 0 radical (unpaired) electrons. The average molecular weight is 579 g/mol. The van der Waals surface area contributed by atoms with Crippen molar-refractivity contribution in [1.29, 1.82) is 0 Å². The smallest absolute Gasteiger partial charge is 0.361 e. The van der Waals surface area contributed by atoms with Crippen molar-refractivity contribution in [3.05, 3.63) is 119 Å². The summed E-state index contributed by atoms with van der Waals surface area (Å²) in [6, 6.07) is 23.5. The SMILES string of the molecule is CC.CCCC.CCc1c(C)cccc1-n1cccc1.CN=C1NC(c2ccccc2C(F)(F)F)Nc2ccccc21. The molecule has 4 nitrogen and oxygen atoms in total. The van der Waals surface area contributed by atoms with Crippen LogP contribution in [-0.4, -0.2) is 17.5 Å². The molecule has 2 N–H and O–H groups in total. The summed E-state index contributed by atoms with van der Waals surface area (Å²) in [7, 11) is 1.61. The Kier molecular flexibility index (Phi) is 13.9. The van der Waals surface area contributed by atoms with Gasteiger partial charge in [0.25, 0.3) is 0 Å². The Labute approximate surface area is 249 Å². The van der Waals surface area contributed by atoms with E-state index >= 15 is 0 Å². The molecule has 1 atom stereocenters. The highest BCUT2D eigenvalue weighted by molar-refractivity contribution is 6.05. The van der Waals surface area contributed by atoms with Crippen LogP contribution in [0.5, 0.6) is 0 Å². The van der Waals surface area contributed by atoms with Crippen LogP contribution in [0, 0.1) is 6.92 Å². The summed E-state index contributed by atoms with van der Waals surface area (Å²) in [6.07, 6.45) is 2.81. The topological polar surface area (TPSA) is 41.4 Å². The van der Waals surface area contributed by atoms with E-state index in [1.807, 2.05) is 38.1 Å². The van der Waals surface area contributed by atoms with Gasteiger partial charge < -0.3 is 15.2 Å². The number of nitrogens with zero attached hydrogens (tertiary/aromatic N) is 2. The predicted molar refractivity (Wildman–Crippen MR) is 172 cm³/mol. The van der Waals surface area contributed by atoms with Crippen molar-refractivity contribution in [3.63, 3.8) is 0 Å². The zero-order chi connectivity index (χ0) is 31.1. The highest BCUT2D eigenvalue weighted by atomic mass is 19.4. The largest absolute Gasteiger partial charge is 0.416 e. The second-order valence-electron chi connectivity index (χ2n) is 9.44. The van der Waals surface area contributed by atoms with Gasteiger partial charge in [0.15, 0.2) is 0 Å². The van der Waals surface area contributed by atoms with Gasteiger partial charge in [-0.15, -0.1) is 0 Å². The Morgan fingerprint density at radius 2 is 1.40 bits per heavy atom. The molecule has 1 unspecified atom stereocenters. The van der Waals surface area contributed by atoms with Crippen LogP contribution in [0.4, 0.5) is 18.9 Å². The molecule has 42 heavy (non-hydrogen) atoms. The van der Waals surface area contributed by atoms with E-state index in [0.717, 1.165) is 23.7 Å². The summed E-state index contributed by atoms with van der Waals surface area (Å²) in [5, 5.41) is 6.13. The lowest BCUT2D eigenvalue weighted by Crippen LogP contribution is -2.39. The Morgan fingerprint density at radius 3 is 2.00 bits per heavy atom. The molecule has 0 spiro atoms. The number of para-hydroxylation sites is 1. The monoisotopic (exact) mass is 578 g/mol. The summed E-state index contributed by atoms with van der Waals surface area (Å²) in [4.78, 5) is 4.14. The standard InChI is InChI=1S/C16H14F3N3.C13H15N.C4H10.C2H6/c1-20-14-11-7-3-5-9-13(11)21-15(22-14)10-6-2-4-8-12(10)16(17,18)19;1-3-12-11(2)7-6-8-13(12)14-9-4-5-10-14;1-3-4-2;1-2/h2-9,15,21H,1H3,(H,20,22);4-10H,3H2,1-2H3;3-4H2,1-2H3;1-2H3. The number of hydrogen-bond donors (Lipinski definition) is 2. The number of alkyl halides is 3. The van der Waals surface area contributed by atoms with Crippen LogP contribution in [0.2, 0.25) is 0 Å². The molecule has 0 amide bonds. The first-order valence-corrected chi connectivity index (χ1v) is 14.7. The number of aryl methyl sites for hydroxylation is 1. The number of nitrogens with one attached hydrogen (secondary N) is 2. The van der Waals surface area contributed by atoms with Crippen LogP contribution < -0.4 is 10.6 Å². The van der Waals surface area contributed by atoms with Crippen molar-refractivity contribution in [3.8, 4) is 5.69 Å². The first kappa shape index (κ1) is 34.2. The fourth-order valence-electron chi connectivity index (χ4n) is 4.45. The van der Waals surface area contributed by atoms with Crippen molar-refractivity contribution >= 4 is 11.5 Å². The number of aromatic nitrogens is 1. The zero-order valence-corrected chi connectivity index (χ0v) is 25.9. The minimum absolute atomic E-state index is 0.144.